The van der Waals surface area contributed by atoms with Gasteiger partial charge in [-0.15, -0.1) is 0 Å². The van der Waals surface area contributed by atoms with E-state index < -0.39 is 0 Å². The molecule has 0 radical (unpaired) electrons. The summed E-state index contributed by atoms with van der Waals surface area (Å²) in [6, 6.07) is 4.06. The van der Waals surface area contributed by atoms with Crippen LogP contribution in [-0.2, 0) is 6.42 Å². The second-order valence-electron chi connectivity index (χ2n) is 4.64. The molecule has 3 nitrogen and oxygen atoms in total. The quantitative estimate of drug-likeness (QED) is 0.711. The fraction of sp³-hybridized carbons (Fsp3) is 0.333. The third-order valence-corrected chi connectivity index (χ3v) is 3.53. The number of hydrogen-bond donors (Lipinski definition) is 1. The zero-order chi connectivity index (χ0) is 12.5. The molecule has 18 heavy (non-hydrogen) atoms. The molecule has 0 saturated heterocycles. The third kappa shape index (κ3) is 1.63. The second kappa shape index (κ2) is 4.50. The zero-order valence-electron chi connectivity index (χ0n) is 10.7. The van der Waals surface area contributed by atoms with Crippen LogP contribution >= 0.6 is 0 Å². The van der Waals surface area contributed by atoms with E-state index in [9.17, 15) is 0 Å². The zero-order valence-corrected chi connectivity index (χ0v) is 10.7. The summed E-state index contributed by atoms with van der Waals surface area (Å²) in [5.74, 6) is 0. The van der Waals surface area contributed by atoms with Crippen molar-refractivity contribution >= 4 is 21.9 Å². The summed E-state index contributed by atoms with van der Waals surface area (Å²) in [4.78, 5) is 0. The average Bonchev–Trinajstić information content (AvgIpc) is 3.02. The molecule has 2 heterocycles. The van der Waals surface area contributed by atoms with E-state index in [1.807, 2.05) is 19.2 Å². The Kier molecular flexibility index (Phi) is 2.84. The summed E-state index contributed by atoms with van der Waals surface area (Å²) in [6.07, 6.45) is 5.62. The van der Waals surface area contributed by atoms with E-state index in [-0.39, 0.29) is 0 Å². The van der Waals surface area contributed by atoms with E-state index in [0.29, 0.717) is 0 Å². The Morgan fingerprint density at radius 1 is 1.06 bits per heavy atom. The number of rotatable bonds is 4. The molecule has 2 aromatic heterocycles. The molecule has 94 valence electrons. The lowest BCUT2D eigenvalue weighted by Crippen LogP contribution is -2.08. The molecule has 0 aliphatic rings. The minimum atomic E-state index is 0.989. The van der Waals surface area contributed by atoms with Crippen LogP contribution in [0.3, 0.4) is 0 Å². The first kappa shape index (κ1) is 11.4. The topological polar surface area (TPSA) is 38.3 Å². The van der Waals surface area contributed by atoms with E-state index in [1.54, 1.807) is 12.5 Å². The van der Waals surface area contributed by atoms with Gasteiger partial charge in [0.2, 0.25) is 0 Å². The molecule has 0 spiro atoms. The van der Waals surface area contributed by atoms with Gasteiger partial charge < -0.3 is 14.2 Å². The van der Waals surface area contributed by atoms with Gasteiger partial charge in [-0.05, 0) is 45.5 Å². The Hall–Kier alpha value is -1.74. The van der Waals surface area contributed by atoms with Gasteiger partial charge in [-0.2, -0.15) is 0 Å². The molecule has 0 amide bonds. The normalized spacial score (nSPS) is 11.7. The number of aryl methyl sites for hydroxylation is 2. The van der Waals surface area contributed by atoms with Crippen molar-refractivity contribution in [1.29, 1.82) is 0 Å². The molecule has 0 atom stereocenters. The SMILES string of the molecule is CNCCCc1c2ccoc2c(C)c2ccoc12. The van der Waals surface area contributed by atoms with Crippen LogP contribution in [0.15, 0.2) is 33.5 Å². The molecular weight excluding hydrogens is 226 g/mol. The highest BCUT2D eigenvalue weighted by Gasteiger charge is 2.15. The van der Waals surface area contributed by atoms with E-state index in [0.717, 1.165) is 41.5 Å². The van der Waals surface area contributed by atoms with Gasteiger partial charge in [0.25, 0.3) is 0 Å². The second-order valence-corrected chi connectivity index (χ2v) is 4.64. The van der Waals surface area contributed by atoms with Gasteiger partial charge in [-0.25, -0.2) is 0 Å². The van der Waals surface area contributed by atoms with Crippen LogP contribution in [0.25, 0.3) is 21.9 Å². The number of hydrogen-bond acceptors (Lipinski definition) is 3. The van der Waals surface area contributed by atoms with Crippen molar-refractivity contribution in [3.63, 3.8) is 0 Å². The highest BCUT2D eigenvalue weighted by atomic mass is 16.3. The molecule has 3 aromatic rings. The summed E-state index contributed by atoms with van der Waals surface area (Å²) in [5.41, 5.74) is 4.43. The first-order valence-corrected chi connectivity index (χ1v) is 6.33. The van der Waals surface area contributed by atoms with Crippen molar-refractivity contribution in [1.82, 2.24) is 5.32 Å². The molecule has 0 aliphatic heterocycles. The maximum absolute atomic E-state index is 5.68. The molecule has 0 bridgehead atoms. The van der Waals surface area contributed by atoms with Gasteiger partial charge >= 0.3 is 0 Å². The molecule has 0 fully saturated rings. The highest BCUT2D eigenvalue weighted by molar-refractivity contribution is 6.01. The highest BCUT2D eigenvalue weighted by Crippen LogP contribution is 2.34. The van der Waals surface area contributed by atoms with E-state index >= 15 is 0 Å². The summed E-state index contributed by atoms with van der Waals surface area (Å²) in [5, 5.41) is 5.53. The molecule has 3 heteroatoms. The van der Waals surface area contributed by atoms with Crippen molar-refractivity contribution in [2.45, 2.75) is 19.8 Å². The molecule has 0 unspecified atom stereocenters. The van der Waals surface area contributed by atoms with E-state index in [4.69, 9.17) is 8.83 Å². The van der Waals surface area contributed by atoms with Crippen LogP contribution < -0.4 is 5.32 Å². The Labute approximate surface area is 106 Å². The van der Waals surface area contributed by atoms with E-state index in [2.05, 4.69) is 12.2 Å². The van der Waals surface area contributed by atoms with Crippen molar-refractivity contribution in [2.75, 3.05) is 13.6 Å². The Morgan fingerprint density at radius 3 is 2.56 bits per heavy atom. The van der Waals surface area contributed by atoms with Gasteiger partial charge in [-0.3, -0.25) is 0 Å². The molecule has 0 aliphatic carbocycles. The van der Waals surface area contributed by atoms with Crippen molar-refractivity contribution in [3.8, 4) is 0 Å². The Balaban J connectivity index is 2.20. The predicted octanol–water partition coefficient (Wildman–Crippen LogP) is 3.64. The largest absolute Gasteiger partial charge is 0.464 e. The van der Waals surface area contributed by atoms with Gasteiger partial charge in [0.1, 0.15) is 11.2 Å². The van der Waals surface area contributed by atoms with Crippen molar-refractivity contribution < 1.29 is 8.83 Å². The summed E-state index contributed by atoms with van der Waals surface area (Å²) < 4.78 is 11.3. The monoisotopic (exact) mass is 243 g/mol. The molecular formula is C15H17NO2. The maximum atomic E-state index is 5.68. The standard InChI is InChI=1S/C15H17NO2/c1-10-11-5-8-18-15(11)12(4-3-7-16-2)13-6-9-17-14(10)13/h5-6,8-9,16H,3-4,7H2,1-2H3. The number of nitrogens with one attached hydrogen (secondary N) is 1. The fourth-order valence-corrected chi connectivity index (χ4v) is 2.61. The summed E-state index contributed by atoms with van der Waals surface area (Å²) in [6.45, 7) is 3.09. The first-order valence-electron chi connectivity index (χ1n) is 6.33. The minimum Gasteiger partial charge on any atom is -0.464 e. The fourth-order valence-electron chi connectivity index (χ4n) is 2.61. The molecule has 1 aromatic carbocycles. The van der Waals surface area contributed by atoms with Crippen LogP contribution in [0.1, 0.15) is 17.5 Å². The Morgan fingerprint density at radius 2 is 1.78 bits per heavy atom. The van der Waals surface area contributed by atoms with Gasteiger partial charge in [0.15, 0.2) is 0 Å². The molecule has 3 rings (SSSR count). The van der Waals surface area contributed by atoms with Crippen LogP contribution in [-0.4, -0.2) is 13.6 Å². The molecule has 0 saturated carbocycles. The average molecular weight is 243 g/mol. The first-order chi connectivity index (χ1) is 8.83. The lowest BCUT2D eigenvalue weighted by molar-refractivity contribution is 0.605. The summed E-state index contributed by atoms with van der Waals surface area (Å²) in [7, 11) is 1.98. The van der Waals surface area contributed by atoms with Crippen molar-refractivity contribution in [2.24, 2.45) is 0 Å². The third-order valence-electron chi connectivity index (χ3n) is 3.53. The lowest BCUT2D eigenvalue weighted by atomic mass is 9.99. The Bertz CT molecular complexity index is 626. The van der Waals surface area contributed by atoms with Gasteiger partial charge in [-0.1, -0.05) is 0 Å². The van der Waals surface area contributed by atoms with Gasteiger partial charge in [0, 0.05) is 21.9 Å². The number of fused-ring (bicyclic) bond motifs is 2. The minimum absolute atomic E-state index is 0.989. The van der Waals surface area contributed by atoms with E-state index in [1.165, 1.54) is 10.9 Å². The van der Waals surface area contributed by atoms with Crippen molar-refractivity contribution in [3.05, 3.63) is 35.8 Å². The lowest BCUT2D eigenvalue weighted by Gasteiger charge is -2.06. The maximum Gasteiger partial charge on any atom is 0.138 e. The van der Waals surface area contributed by atoms with Crippen LogP contribution in [0.5, 0.6) is 0 Å². The number of furan rings is 2. The summed E-state index contributed by atoms with van der Waals surface area (Å²) >= 11 is 0. The molecule has 1 N–H and O–H groups in total. The van der Waals surface area contributed by atoms with Gasteiger partial charge in [0.05, 0.1) is 12.5 Å². The smallest absolute Gasteiger partial charge is 0.138 e. The number of benzene rings is 1. The van der Waals surface area contributed by atoms with Crippen LogP contribution in [0, 0.1) is 6.92 Å². The predicted molar refractivity (Wildman–Crippen MR) is 73.0 cm³/mol. The van der Waals surface area contributed by atoms with Crippen LogP contribution in [0.4, 0.5) is 0 Å². The van der Waals surface area contributed by atoms with Crippen LogP contribution in [0.2, 0.25) is 0 Å².